The first kappa shape index (κ1) is 15.1. The monoisotopic (exact) mass is 470 g/mol. The molecule has 0 aliphatic carbocycles. The van der Waals surface area contributed by atoms with Gasteiger partial charge in [-0.2, -0.15) is 5.26 Å². The molecule has 1 aliphatic rings. The van der Waals surface area contributed by atoms with Crippen molar-refractivity contribution in [3.63, 3.8) is 0 Å². The van der Waals surface area contributed by atoms with Crippen molar-refractivity contribution in [1.82, 2.24) is 0 Å². The van der Waals surface area contributed by atoms with E-state index in [-0.39, 0.29) is 26.9 Å². The van der Waals surface area contributed by atoms with Crippen LogP contribution in [0.2, 0.25) is 0 Å². The predicted molar refractivity (Wildman–Crippen MR) is 89.1 cm³/mol. The fourth-order valence-corrected chi connectivity index (χ4v) is 3.98. The summed E-state index contributed by atoms with van der Waals surface area (Å²) in [6.07, 6.45) is 0. The molecule has 0 radical (unpaired) electrons. The zero-order valence-electron chi connectivity index (χ0n) is 10.7. The standard InChI is InChI=1S/C15H5BrFIN2O2/c16-10-5-11(18)13(9(6-19)12(10)17)20-14(21)7-3-1-2-4-8(7)15(20)22/h1-5H. The van der Waals surface area contributed by atoms with Crippen LogP contribution < -0.4 is 4.90 Å². The Morgan fingerprint density at radius 2 is 1.73 bits per heavy atom. The van der Waals surface area contributed by atoms with Crippen molar-refractivity contribution < 1.29 is 14.0 Å². The second kappa shape index (κ2) is 5.44. The second-order valence-corrected chi connectivity index (χ2v) is 6.50. The van der Waals surface area contributed by atoms with Crippen LogP contribution >= 0.6 is 38.5 Å². The molecule has 4 nitrogen and oxygen atoms in total. The summed E-state index contributed by atoms with van der Waals surface area (Å²) in [4.78, 5) is 25.8. The summed E-state index contributed by atoms with van der Waals surface area (Å²) in [5, 5.41) is 9.23. The molecule has 3 rings (SSSR count). The van der Waals surface area contributed by atoms with Gasteiger partial charge in [-0.25, -0.2) is 9.29 Å². The van der Waals surface area contributed by atoms with Crippen LogP contribution in [0.3, 0.4) is 0 Å². The van der Waals surface area contributed by atoms with Gasteiger partial charge in [-0.1, -0.05) is 12.1 Å². The molecule has 0 atom stereocenters. The molecule has 22 heavy (non-hydrogen) atoms. The third kappa shape index (κ3) is 2.06. The van der Waals surface area contributed by atoms with Gasteiger partial charge in [0.1, 0.15) is 11.6 Å². The summed E-state index contributed by atoms with van der Waals surface area (Å²) in [5.41, 5.74) is 0.134. The lowest BCUT2D eigenvalue weighted by molar-refractivity contribution is 0.0926. The first-order valence-corrected chi connectivity index (χ1v) is 7.90. The highest BCUT2D eigenvalue weighted by Crippen LogP contribution is 2.37. The van der Waals surface area contributed by atoms with Crippen LogP contribution in [0.15, 0.2) is 34.8 Å². The lowest BCUT2D eigenvalue weighted by Crippen LogP contribution is -2.31. The number of carbonyl (C=O) groups excluding carboxylic acids is 2. The Hall–Kier alpha value is -1.79. The molecule has 0 spiro atoms. The maximum atomic E-state index is 14.2. The number of fused-ring (bicyclic) bond motifs is 1. The number of hydrogen-bond acceptors (Lipinski definition) is 3. The molecule has 2 aromatic rings. The Kier molecular flexibility index (Phi) is 3.74. The van der Waals surface area contributed by atoms with Crippen molar-refractivity contribution in [3.05, 3.63) is 60.9 Å². The molecule has 0 fully saturated rings. The summed E-state index contributed by atoms with van der Waals surface area (Å²) in [5.74, 6) is -1.91. The normalized spacial score (nSPS) is 13.3. The van der Waals surface area contributed by atoms with Crippen LogP contribution in [0.25, 0.3) is 0 Å². The van der Waals surface area contributed by atoms with E-state index >= 15 is 0 Å². The van der Waals surface area contributed by atoms with Crippen LogP contribution in [0.4, 0.5) is 10.1 Å². The van der Waals surface area contributed by atoms with Crippen LogP contribution in [-0.2, 0) is 0 Å². The maximum Gasteiger partial charge on any atom is 0.266 e. The van der Waals surface area contributed by atoms with E-state index < -0.39 is 17.6 Å². The Morgan fingerprint density at radius 3 is 2.23 bits per heavy atom. The average molecular weight is 471 g/mol. The predicted octanol–water partition coefficient (Wildman–Crippen LogP) is 3.87. The number of anilines is 1. The van der Waals surface area contributed by atoms with E-state index in [1.165, 1.54) is 18.2 Å². The molecule has 1 heterocycles. The van der Waals surface area contributed by atoms with Gasteiger partial charge in [-0.15, -0.1) is 0 Å². The Morgan fingerprint density at radius 1 is 1.18 bits per heavy atom. The third-order valence-electron chi connectivity index (χ3n) is 3.28. The fourth-order valence-electron chi connectivity index (χ4n) is 2.30. The molecular formula is C15H5BrFIN2O2. The van der Waals surface area contributed by atoms with E-state index in [1.54, 1.807) is 18.2 Å². The molecule has 0 saturated heterocycles. The van der Waals surface area contributed by atoms with Gasteiger partial charge in [0, 0.05) is 3.57 Å². The van der Waals surface area contributed by atoms with Crippen molar-refractivity contribution in [2.45, 2.75) is 0 Å². The SMILES string of the molecule is N#Cc1c(F)c(Br)cc(I)c1N1C(=O)c2ccccc2C1=O. The first-order chi connectivity index (χ1) is 10.5. The number of hydrogen-bond donors (Lipinski definition) is 0. The molecule has 108 valence electrons. The van der Waals surface area contributed by atoms with Gasteiger partial charge < -0.3 is 0 Å². The topological polar surface area (TPSA) is 61.2 Å². The Labute approximate surface area is 146 Å². The number of amides is 2. The molecule has 0 N–H and O–H groups in total. The molecule has 0 bridgehead atoms. The summed E-state index contributed by atoms with van der Waals surface area (Å²) < 4.78 is 14.7. The Bertz CT molecular complexity index is 857. The number of imide groups is 1. The number of halogens is 3. The summed E-state index contributed by atoms with van der Waals surface area (Å²) in [6.45, 7) is 0. The van der Waals surface area contributed by atoms with Crippen molar-refractivity contribution in [2.75, 3.05) is 4.90 Å². The van der Waals surface area contributed by atoms with E-state index in [0.29, 0.717) is 3.57 Å². The smallest absolute Gasteiger partial charge is 0.266 e. The molecule has 2 amide bonds. The van der Waals surface area contributed by atoms with Gasteiger partial charge in [0.25, 0.3) is 11.8 Å². The highest BCUT2D eigenvalue weighted by Gasteiger charge is 2.39. The molecule has 7 heteroatoms. The van der Waals surface area contributed by atoms with E-state index in [1.807, 2.05) is 22.6 Å². The number of nitrogens with zero attached hydrogens (tertiary/aromatic N) is 2. The molecule has 0 unspecified atom stereocenters. The van der Waals surface area contributed by atoms with Crippen molar-refractivity contribution >= 4 is 56.0 Å². The van der Waals surface area contributed by atoms with E-state index in [0.717, 1.165) is 4.90 Å². The minimum Gasteiger partial charge on any atom is -0.268 e. The van der Waals surface area contributed by atoms with Crippen LogP contribution in [0.5, 0.6) is 0 Å². The van der Waals surface area contributed by atoms with Crippen molar-refractivity contribution in [2.24, 2.45) is 0 Å². The van der Waals surface area contributed by atoms with E-state index in [2.05, 4.69) is 15.9 Å². The summed E-state index contributed by atoms with van der Waals surface area (Å²) in [6, 6.07) is 9.51. The highest BCUT2D eigenvalue weighted by atomic mass is 127. The lowest BCUT2D eigenvalue weighted by atomic mass is 10.1. The number of rotatable bonds is 1. The van der Waals surface area contributed by atoms with Gasteiger partial charge >= 0.3 is 0 Å². The fraction of sp³-hybridized carbons (Fsp3) is 0. The zero-order chi connectivity index (χ0) is 16.0. The second-order valence-electron chi connectivity index (χ2n) is 4.48. The number of carbonyl (C=O) groups is 2. The van der Waals surface area contributed by atoms with Gasteiger partial charge in [0.15, 0.2) is 5.82 Å². The molecule has 0 aromatic heterocycles. The van der Waals surface area contributed by atoms with Gasteiger partial charge in [0.2, 0.25) is 0 Å². The minimum atomic E-state index is -0.797. The van der Waals surface area contributed by atoms with Gasteiger partial charge in [-0.3, -0.25) is 9.59 Å². The van der Waals surface area contributed by atoms with Crippen LogP contribution in [-0.4, -0.2) is 11.8 Å². The molecule has 0 saturated carbocycles. The van der Waals surface area contributed by atoms with Gasteiger partial charge in [-0.05, 0) is 56.7 Å². The van der Waals surface area contributed by atoms with Crippen molar-refractivity contribution in [3.8, 4) is 6.07 Å². The summed E-state index contributed by atoms with van der Waals surface area (Å²) >= 11 is 4.89. The minimum absolute atomic E-state index is 0.0185. The van der Waals surface area contributed by atoms with E-state index in [4.69, 9.17) is 0 Å². The van der Waals surface area contributed by atoms with Crippen LogP contribution in [0, 0.1) is 20.7 Å². The number of nitriles is 1. The largest absolute Gasteiger partial charge is 0.268 e. The lowest BCUT2D eigenvalue weighted by Gasteiger charge is -2.18. The summed E-state index contributed by atoms with van der Waals surface area (Å²) in [7, 11) is 0. The molecule has 1 aliphatic heterocycles. The van der Waals surface area contributed by atoms with E-state index in [9.17, 15) is 19.2 Å². The number of benzene rings is 2. The maximum absolute atomic E-state index is 14.2. The highest BCUT2D eigenvalue weighted by molar-refractivity contribution is 14.1. The molecule has 2 aromatic carbocycles. The van der Waals surface area contributed by atoms with Crippen LogP contribution in [0.1, 0.15) is 26.3 Å². The third-order valence-corrected chi connectivity index (χ3v) is 4.67. The zero-order valence-corrected chi connectivity index (χ0v) is 14.5. The quantitative estimate of drug-likeness (QED) is 0.361. The molecular weight excluding hydrogens is 466 g/mol. The van der Waals surface area contributed by atoms with Gasteiger partial charge in [0.05, 0.1) is 21.3 Å². The van der Waals surface area contributed by atoms with Crippen molar-refractivity contribution in [1.29, 1.82) is 5.26 Å². The average Bonchev–Trinajstić information content (AvgIpc) is 2.75. The Balaban J connectivity index is 2.28. The first-order valence-electron chi connectivity index (χ1n) is 6.02.